The number of hydrogen-bond acceptors (Lipinski definition) is 3. The summed E-state index contributed by atoms with van der Waals surface area (Å²) in [4.78, 5) is 12.1. The molecule has 1 rings (SSSR count). The second-order valence-electron chi connectivity index (χ2n) is 3.88. The fourth-order valence-corrected chi connectivity index (χ4v) is 2.07. The highest BCUT2D eigenvalue weighted by molar-refractivity contribution is 5.89. The lowest BCUT2D eigenvalue weighted by molar-refractivity contribution is -0.123. The van der Waals surface area contributed by atoms with Crippen LogP contribution in [0, 0.1) is 11.8 Å². The van der Waals surface area contributed by atoms with E-state index in [1.807, 2.05) is 13.8 Å². The van der Waals surface area contributed by atoms with E-state index in [9.17, 15) is 4.79 Å². The zero-order valence-corrected chi connectivity index (χ0v) is 10.1. The van der Waals surface area contributed by atoms with E-state index in [2.05, 4.69) is 13.2 Å². The minimum atomic E-state index is -0.179. The van der Waals surface area contributed by atoms with E-state index in [-0.39, 0.29) is 17.6 Å². The van der Waals surface area contributed by atoms with Crippen LogP contribution < -0.4 is 0 Å². The number of carbonyl (C=O) groups excluding carboxylic acids is 1. The maximum atomic E-state index is 12.1. The lowest BCUT2D eigenvalue weighted by Crippen LogP contribution is -2.19. The van der Waals surface area contributed by atoms with Gasteiger partial charge in [-0.15, -0.1) is 0 Å². The standard InChI is InChI=1S/C13H20O3/c1-5-15-9(3)11-7-8-12(13(11)14)10(4)16-6-2/h11-12H,3-8H2,1-2H3. The van der Waals surface area contributed by atoms with Crippen LogP contribution in [0.4, 0.5) is 0 Å². The lowest BCUT2D eigenvalue weighted by atomic mass is 10.0. The zero-order valence-electron chi connectivity index (χ0n) is 10.1. The molecule has 16 heavy (non-hydrogen) atoms. The molecule has 0 radical (unpaired) electrons. The average Bonchev–Trinajstić information content (AvgIpc) is 2.61. The molecule has 0 aromatic heterocycles. The van der Waals surface area contributed by atoms with Crippen molar-refractivity contribution in [1.82, 2.24) is 0 Å². The molecule has 1 aliphatic rings. The van der Waals surface area contributed by atoms with Crippen LogP contribution in [-0.2, 0) is 14.3 Å². The first-order valence-corrected chi connectivity index (χ1v) is 5.78. The fourth-order valence-electron chi connectivity index (χ4n) is 2.07. The van der Waals surface area contributed by atoms with Crippen molar-refractivity contribution in [2.75, 3.05) is 13.2 Å². The van der Waals surface area contributed by atoms with Gasteiger partial charge in [0.15, 0.2) is 5.78 Å². The van der Waals surface area contributed by atoms with E-state index in [0.717, 1.165) is 12.8 Å². The van der Waals surface area contributed by atoms with Gasteiger partial charge in [-0.2, -0.15) is 0 Å². The van der Waals surface area contributed by atoms with Gasteiger partial charge >= 0.3 is 0 Å². The molecule has 0 aromatic carbocycles. The van der Waals surface area contributed by atoms with Gasteiger partial charge in [-0.25, -0.2) is 0 Å². The monoisotopic (exact) mass is 224 g/mol. The molecule has 1 saturated carbocycles. The van der Waals surface area contributed by atoms with Gasteiger partial charge in [-0.1, -0.05) is 13.2 Å². The van der Waals surface area contributed by atoms with Crippen LogP contribution in [0.5, 0.6) is 0 Å². The molecule has 0 N–H and O–H groups in total. The Morgan fingerprint density at radius 3 is 1.81 bits per heavy atom. The smallest absolute Gasteiger partial charge is 0.154 e. The van der Waals surface area contributed by atoms with Gasteiger partial charge in [0.25, 0.3) is 0 Å². The molecule has 0 amide bonds. The molecule has 1 fully saturated rings. The Balaban J connectivity index is 2.60. The zero-order chi connectivity index (χ0) is 12.1. The first kappa shape index (κ1) is 12.8. The minimum Gasteiger partial charge on any atom is -0.498 e. The Morgan fingerprint density at radius 1 is 1.12 bits per heavy atom. The van der Waals surface area contributed by atoms with Gasteiger partial charge in [0.05, 0.1) is 36.6 Å². The molecule has 0 spiro atoms. The fraction of sp³-hybridized carbons (Fsp3) is 0.615. The third kappa shape index (κ3) is 2.65. The van der Waals surface area contributed by atoms with Crippen molar-refractivity contribution < 1.29 is 14.3 Å². The Bertz CT molecular complexity index is 266. The molecule has 0 bridgehead atoms. The molecule has 1 aliphatic carbocycles. The molecule has 0 aliphatic heterocycles. The second-order valence-corrected chi connectivity index (χ2v) is 3.88. The van der Waals surface area contributed by atoms with Crippen LogP contribution in [0.1, 0.15) is 26.7 Å². The molecule has 3 heteroatoms. The van der Waals surface area contributed by atoms with Gasteiger partial charge in [-0.3, -0.25) is 4.79 Å². The second kappa shape index (κ2) is 5.73. The third-order valence-corrected chi connectivity index (χ3v) is 2.87. The van der Waals surface area contributed by atoms with Crippen LogP contribution >= 0.6 is 0 Å². The van der Waals surface area contributed by atoms with Crippen molar-refractivity contribution >= 4 is 5.78 Å². The summed E-state index contributed by atoms with van der Waals surface area (Å²) in [7, 11) is 0. The summed E-state index contributed by atoms with van der Waals surface area (Å²) in [6.07, 6.45) is 1.57. The number of ketones is 1. The largest absolute Gasteiger partial charge is 0.498 e. The molecule has 2 unspecified atom stereocenters. The number of hydrogen-bond donors (Lipinski definition) is 0. The molecule has 0 aromatic rings. The summed E-state index contributed by atoms with van der Waals surface area (Å²) in [5.74, 6) is 0.944. The quantitative estimate of drug-likeness (QED) is 0.651. The third-order valence-electron chi connectivity index (χ3n) is 2.87. The van der Waals surface area contributed by atoms with E-state index in [1.165, 1.54) is 0 Å². The summed E-state index contributed by atoms with van der Waals surface area (Å²) >= 11 is 0. The van der Waals surface area contributed by atoms with E-state index < -0.39 is 0 Å². The van der Waals surface area contributed by atoms with Gasteiger partial charge < -0.3 is 9.47 Å². The summed E-state index contributed by atoms with van der Waals surface area (Å²) in [5.41, 5.74) is 0. The van der Waals surface area contributed by atoms with Crippen molar-refractivity contribution in [2.45, 2.75) is 26.7 Å². The Hall–Kier alpha value is -1.25. The highest BCUT2D eigenvalue weighted by atomic mass is 16.5. The first-order valence-electron chi connectivity index (χ1n) is 5.78. The normalized spacial score (nSPS) is 24.2. The van der Waals surface area contributed by atoms with E-state index in [1.54, 1.807) is 0 Å². The number of allylic oxidation sites excluding steroid dienone is 2. The molecule has 0 saturated heterocycles. The van der Waals surface area contributed by atoms with Crippen molar-refractivity contribution in [2.24, 2.45) is 11.8 Å². The lowest BCUT2D eigenvalue weighted by Gasteiger charge is -2.15. The SMILES string of the molecule is C=C(OCC)C1CCC(C(=C)OCC)C1=O. The Kier molecular flexibility index (Phi) is 4.59. The van der Waals surface area contributed by atoms with Gasteiger partial charge in [0.1, 0.15) is 0 Å². The molecule has 0 heterocycles. The molecule has 3 nitrogen and oxygen atoms in total. The van der Waals surface area contributed by atoms with Crippen molar-refractivity contribution in [3.63, 3.8) is 0 Å². The average molecular weight is 224 g/mol. The molecule has 2 atom stereocenters. The maximum absolute atomic E-state index is 12.1. The van der Waals surface area contributed by atoms with Crippen molar-refractivity contribution in [3.05, 3.63) is 24.7 Å². The molecular formula is C13H20O3. The van der Waals surface area contributed by atoms with Crippen molar-refractivity contribution in [1.29, 1.82) is 0 Å². The molecular weight excluding hydrogens is 204 g/mol. The first-order chi connectivity index (χ1) is 7.61. The summed E-state index contributed by atoms with van der Waals surface area (Å²) in [5, 5.41) is 0. The van der Waals surface area contributed by atoms with Gasteiger partial charge in [0, 0.05) is 0 Å². The number of rotatable bonds is 6. The Morgan fingerprint density at radius 2 is 1.50 bits per heavy atom. The van der Waals surface area contributed by atoms with Crippen LogP contribution in [0.25, 0.3) is 0 Å². The summed E-state index contributed by atoms with van der Waals surface area (Å²) < 4.78 is 10.6. The molecule has 90 valence electrons. The van der Waals surface area contributed by atoms with Gasteiger partial charge in [-0.05, 0) is 26.7 Å². The summed E-state index contributed by atoms with van der Waals surface area (Å²) in [6.45, 7) is 12.5. The maximum Gasteiger partial charge on any atom is 0.154 e. The van der Waals surface area contributed by atoms with Crippen LogP contribution in [-0.4, -0.2) is 19.0 Å². The van der Waals surface area contributed by atoms with E-state index >= 15 is 0 Å². The van der Waals surface area contributed by atoms with Crippen LogP contribution in [0.2, 0.25) is 0 Å². The Labute approximate surface area is 97.1 Å². The number of ether oxygens (including phenoxy) is 2. The predicted octanol–water partition coefficient (Wildman–Crippen LogP) is 2.68. The number of Topliss-reactive ketones (excluding diaryl/α,β-unsaturated/α-hetero) is 1. The van der Waals surface area contributed by atoms with Crippen LogP contribution in [0.3, 0.4) is 0 Å². The van der Waals surface area contributed by atoms with E-state index in [4.69, 9.17) is 9.47 Å². The van der Waals surface area contributed by atoms with E-state index in [0.29, 0.717) is 24.7 Å². The van der Waals surface area contributed by atoms with Crippen molar-refractivity contribution in [3.8, 4) is 0 Å². The minimum absolute atomic E-state index is 0.136. The highest BCUT2D eigenvalue weighted by Gasteiger charge is 2.38. The van der Waals surface area contributed by atoms with Crippen LogP contribution in [0.15, 0.2) is 24.7 Å². The predicted molar refractivity (Wildman–Crippen MR) is 62.8 cm³/mol. The highest BCUT2D eigenvalue weighted by Crippen LogP contribution is 2.35. The number of carbonyl (C=O) groups is 1. The topological polar surface area (TPSA) is 35.5 Å². The summed E-state index contributed by atoms with van der Waals surface area (Å²) in [6, 6.07) is 0. The van der Waals surface area contributed by atoms with Gasteiger partial charge in [0.2, 0.25) is 0 Å².